The Kier molecular flexibility index (Phi) is 4.00. The van der Waals surface area contributed by atoms with Crippen LogP contribution in [0.15, 0.2) is 30.4 Å². The second kappa shape index (κ2) is 5.69. The van der Waals surface area contributed by atoms with Crippen LogP contribution in [0.4, 0.5) is 5.69 Å². The highest BCUT2D eigenvalue weighted by Gasteiger charge is 2.21. The highest BCUT2D eigenvalue weighted by molar-refractivity contribution is 6.02. The van der Waals surface area contributed by atoms with Gasteiger partial charge in [0.1, 0.15) is 0 Å². The molecule has 1 amide bonds. The summed E-state index contributed by atoms with van der Waals surface area (Å²) in [6.45, 7) is 1.72. The van der Waals surface area contributed by atoms with Crippen molar-refractivity contribution in [3.8, 4) is 0 Å². The number of amides is 1. The first kappa shape index (κ1) is 13.3. The number of allylic oxidation sites excluding steroid dienone is 2. The van der Waals surface area contributed by atoms with E-state index < -0.39 is 5.97 Å². The zero-order valence-electron chi connectivity index (χ0n) is 10.8. The number of nitrogens with one attached hydrogen (secondary N) is 1. The van der Waals surface area contributed by atoms with Gasteiger partial charge in [-0.3, -0.25) is 4.79 Å². The first-order chi connectivity index (χ1) is 9.09. The first-order valence-corrected chi connectivity index (χ1v) is 6.38. The average molecular weight is 259 g/mol. The number of hydrogen-bond donors (Lipinski definition) is 2. The fourth-order valence-electron chi connectivity index (χ4n) is 2.32. The minimum atomic E-state index is -1.02. The zero-order chi connectivity index (χ0) is 13.8. The molecule has 0 heterocycles. The van der Waals surface area contributed by atoms with Crippen molar-refractivity contribution < 1.29 is 14.7 Å². The molecule has 0 saturated carbocycles. The van der Waals surface area contributed by atoms with Crippen LogP contribution in [0.2, 0.25) is 0 Å². The summed E-state index contributed by atoms with van der Waals surface area (Å²) in [5.41, 5.74) is 1.20. The smallest absolute Gasteiger partial charge is 0.338 e. The van der Waals surface area contributed by atoms with Crippen LogP contribution in [0.25, 0.3) is 0 Å². The summed E-state index contributed by atoms with van der Waals surface area (Å²) in [6.07, 6.45) is 6.51. The van der Waals surface area contributed by atoms with E-state index in [4.69, 9.17) is 0 Å². The summed E-state index contributed by atoms with van der Waals surface area (Å²) in [5.74, 6) is -1.18. The normalized spacial score (nSPS) is 18.1. The second-order valence-corrected chi connectivity index (χ2v) is 4.77. The molecular formula is C15H17NO3. The zero-order valence-corrected chi connectivity index (χ0v) is 10.8. The van der Waals surface area contributed by atoms with E-state index in [1.807, 2.05) is 6.08 Å². The quantitative estimate of drug-likeness (QED) is 0.820. The van der Waals surface area contributed by atoms with E-state index in [1.165, 1.54) is 0 Å². The molecule has 1 unspecified atom stereocenters. The predicted molar refractivity (Wildman–Crippen MR) is 73.2 cm³/mol. The molecule has 0 spiro atoms. The Balaban J connectivity index is 2.19. The standard InChI is InChI=1S/C15H17NO3/c1-10-6-5-9-12(13(10)15(18)19)16-14(17)11-7-3-2-4-8-11/h2-3,5-6,9,11H,4,7-8H2,1H3,(H,16,17)(H,18,19). The van der Waals surface area contributed by atoms with E-state index in [-0.39, 0.29) is 17.4 Å². The van der Waals surface area contributed by atoms with Gasteiger partial charge in [0, 0.05) is 5.92 Å². The van der Waals surface area contributed by atoms with Crippen LogP contribution in [0.3, 0.4) is 0 Å². The number of benzene rings is 1. The molecule has 0 bridgehead atoms. The number of aromatic carboxylic acids is 1. The van der Waals surface area contributed by atoms with Gasteiger partial charge < -0.3 is 10.4 Å². The maximum Gasteiger partial charge on any atom is 0.338 e. The van der Waals surface area contributed by atoms with Crippen molar-refractivity contribution in [1.82, 2.24) is 0 Å². The van der Waals surface area contributed by atoms with Gasteiger partial charge in [0.25, 0.3) is 0 Å². The number of carboxylic acids is 1. The second-order valence-electron chi connectivity index (χ2n) is 4.77. The molecule has 0 radical (unpaired) electrons. The van der Waals surface area contributed by atoms with Crippen molar-refractivity contribution >= 4 is 17.6 Å². The lowest BCUT2D eigenvalue weighted by Crippen LogP contribution is -2.24. The summed E-state index contributed by atoms with van der Waals surface area (Å²) < 4.78 is 0. The fourth-order valence-corrected chi connectivity index (χ4v) is 2.32. The summed E-state index contributed by atoms with van der Waals surface area (Å²) in [5, 5.41) is 12.0. The van der Waals surface area contributed by atoms with Gasteiger partial charge in [-0.2, -0.15) is 0 Å². The van der Waals surface area contributed by atoms with E-state index in [2.05, 4.69) is 11.4 Å². The number of carbonyl (C=O) groups excluding carboxylic acids is 1. The monoisotopic (exact) mass is 259 g/mol. The van der Waals surface area contributed by atoms with Crippen molar-refractivity contribution in [3.05, 3.63) is 41.5 Å². The number of aryl methyl sites for hydroxylation is 1. The van der Waals surface area contributed by atoms with Crippen LogP contribution in [-0.4, -0.2) is 17.0 Å². The minimum absolute atomic E-state index is 0.0628. The van der Waals surface area contributed by atoms with Crippen LogP contribution < -0.4 is 5.32 Å². The molecule has 19 heavy (non-hydrogen) atoms. The van der Waals surface area contributed by atoms with Gasteiger partial charge in [-0.25, -0.2) is 4.79 Å². The number of carbonyl (C=O) groups is 2. The molecule has 1 aromatic rings. The number of carboxylic acid groups (broad SMARTS) is 1. The molecule has 100 valence electrons. The summed E-state index contributed by atoms with van der Waals surface area (Å²) in [4.78, 5) is 23.4. The highest BCUT2D eigenvalue weighted by atomic mass is 16.4. The largest absolute Gasteiger partial charge is 0.478 e. The Morgan fingerprint density at radius 1 is 1.32 bits per heavy atom. The molecule has 0 saturated heterocycles. The van der Waals surface area contributed by atoms with Gasteiger partial charge in [-0.05, 0) is 37.8 Å². The number of hydrogen-bond acceptors (Lipinski definition) is 2. The lowest BCUT2D eigenvalue weighted by Gasteiger charge is -2.18. The molecule has 4 nitrogen and oxygen atoms in total. The Labute approximate surface area is 112 Å². The lowest BCUT2D eigenvalue weighted by atomic mass is 9.93. The van der Waals surface area contributed by atoms with Crippen molar-refractivity contribution in [2.75, 3.05) is 5.32 Å². The van der Waals surface area contributed by atoms with Gasteiger partial charge >= 0.3 is 5.97 Å². The van der Waals surface area contributed by atoms with Crippen molar-refractivity contribution in [3.63, 3.8) is 0 Å². The van der Waals surface area contributed by atoms with Crippen LogP contribution in [-0.2, 0) is 4.79 Å². The highest BCUT2D eigenvalue weighted by Crippen LogP contribution is 2.23. The Morgan fingerprint density at radius 3 is 2.74 bits per heavy atom. The lowest BCUT2D eigenvalue weighted by molar-refractivity contribution is -0.120. The molecular weight excluding hydrogens is 242 g/mol. The Bertz CT molecular complexity index is 534. The van der Waals surface area contributed by atoms with Gasteiger partial charge in [-0.15, -0.1) is 0 Å². The molecule has 4 heteroatoms. The molecule has 1 aliphatic carbocycles. The summed E-state index contributed by atoms with van der Waals surface area (Å²) >= 11 is 0. The van der Waals surface area contributed by atoms with Crippen LogP contribution in [0, 0.1) is 12.8 Å². The Hall–Kier alpha value is -2.10. The average Bonchev–Trinajstić information content (AvgIpc) is 2.39. The molecule has 1 atom stereocenters. The number of anilines is 1. The fraction of sp³-hybridized carbons (Fsp3) is 0.333. The molecule has 2 N–H and O–H groups in total. The van der Waals surface area contributed by atoms with E-state index in [0.29, 0.717) is 11.3 Å². The summed E-state index contributed by atoms with van der Waals surface area (Å²) in [7, 11) is 0. The molecule has 2 rings (SSSR count). The van der Waals surface area contributed by atoms with E-state index in [1.54, 1.807) is 25.1 Å². The third-order valence-electron chi connectivity index (χ3n) is 3.38. The van der Waals surface area contributed by atoms with E-state index in [0.717, 1.165) is 19.3 Å². The Morgan fingerprint density at radius 2 is 2.11 bits per heavy atom. The molecule has 0 aromatic heterocycles. The first-order valence-electron chi connectivity index (χ1n) is 6.38. The third-order valence-corrected chi connectivity index (χ3v) is 3.38. The van der Waals surface area contributed by atoms with E-state index in [9.17, 15) is 14.7 Å². The van der Waals surface area contributed by atoms with Gasteiger partial charge in [0.05, 0.1) is 11.3 Å². The minimum Gasteiger partial charge on any atom is -0.478 e. The van der Waals surface area contributed by atoms with Crippen molar-refractivity contribution in [2.24, 2.45) is 5.92 Å². The van der Waals surface area contributed by atoms with Crippen LogP contribution in [0.5, 0.6) is 0 Å². The molecule has 0 aliphatic heterocycles. The summed E-state index contributed by atoms with van der Waals surface area (Å²) in [6, 6.07) is 5.10. The number of rotatable bonds is 3. The van der Waals surface area contributed by atoms with E-state index >= 15 is 0 Å². The van der Waals surface area contributed by atoms with Crippen LogP contribution >= 0.6 is 0 Å². The van der Waals surface area contributed by atoms with Gasteiger partial charge in [0.15, 0.2) is 0 Å². The maximum absolute atomic E-state index is 12.1. The topological polar surface area (TPSA) is 66.4 Å². The predicted octanol–water partition coefficient (Wildman–Crippen LogP) is 2.99. The molecule has 1 aliphatic rings. The maximum atomic E-state index is 12.1. The van der Waals surface area contributed by atoms with Crippen LogP contribution in [0.1, 0.15) is 35.2 Å². The van der Waals surface area contributed by atoms with Gasteiger partial charge in [-0.1, -0.05) is 24.3 Å². The SMILES string of the molecule is Cc1cccc(NC(=O)C2CC=CCC2)c1C(=O)O. The van der Waals surface area contributed by atoms with Gasteiger partial charge in [0.2, 0.25) is 5.91 Å². The third kappa shape index (κ3) is 3.02. The van der Waals surface area contributed by atoms with Crippen molar-refractivity contribution in [2.45, 2.75) is 26.2 Å². The van der Waals surface area contributed by atoms with Crippen molar-refractivity contribution in [1.29, 1.82) is 0 Å². The molecule has 1 aromatic carbocycles. The molecule has 0 fully saturated rings.